The average Bonchev–Trinajstić information content (AvgIpc) is 2.47. The molecule has 1 aromatic rings. The monoisotopic (exact) mass is 310 g/mol. The topological polar surface area (TPSA) is 52.6 Å². The maximum atomic E-state index is 12.0. The number of carbonyl (C=O) groups is 1. The highest BCUT2D eigenvalue weighted by Gasteiger charge is 2.22. The van der Waals surface area contributed by atoms with E-state index in [1.807, 2.05) is 12.1 Å². The van der Waals surface area contributed by atoms with E-state index in [1.165, 1.54) is 12.8 Å². The summed E-state index contributed by atoms with van der Waals surface area (Å²) in [5.41, 5.74) is 0.734. The quantitative estimate of drug-likeness (QED) is 0.849. The Labute approximate surface area is 131 Å². The summed E-state index contributed by atoms with van der Waals surface area (Å²) < 4.78 is 0. The molecule has 0 radical (unpaired) electrons. The van der Waals surface area contributed by atoms with Crippen LogP contribution in [0.1, 0.15) is 32.1 Å². The molecule has 1 aliphatic rings. The number of rotatable bonds is 6. The lowest BCUT2D eigenvalue weighted by Crippen LogP contribution is -2.41. The van der Waals surface area contributed by atoms with Crippen LogP contribution in [0.25, 0.3) is 0 Å². The highest BCUT2D eigenvalue weighted by atomic mass is 35.5. The molecule has 2 N–H and O–H groups in total. The van der Waals surface area contributed by atoms with Crippen molar-refractivity contribution < 1.29 is 9.90 Å². The minimum Gasteiger partial charge on any atom is -0.396 e. The van der Waals surface area contributed by atoms with Crippen LogP contribution in [0.2, 0.25) is 5.02 Å². The largest absolute Gasteiger partial charge is 0.396 e. The molecule has 1 amide bonds. The Hall–Kier alpha value is -1.10. The SMILES string of the molecule is O=C(CCN1CCCCC1CCO)Nc1cccc(Cl)c1. The standard InChI is InChI=1S/C16H23ClN2O2/c17-13-4-3-5-14(12-13)18-16(21)7-10-19-9-2-1-6-15(19)8-11-20/h3-5,12,15,20H,1-2,6-11H2,(H,18,21). The molecule has 1 aliphatic heterocycles. The van der Waals surface area contributed by atoms with E-state index in [1.54, 1.807) is 12.1 Å². The summed E-state index contributed by atoms with van der Waals surface area (Å²) >= 11 is 5.90. The van der Waals surface area contributed by atoms with Gasteiger partial charge in [-0.1, -0.05) is 24.1 Å². The van der Waals surface area contributed by atoms with E-state index < -0.39 is 0 Å². The first kappa shape index (κ1) is 16.3. The number of benzene rings is 1. The Kier molecular flexibility index (Phi) is 6.49. The van der Waals surface area contributed by atoms with Crippen molar-refractivity contribution in [1.82, 2.24) is 4.90 Å². The van der Waals surface area contributed by atoms with Gasteiger partial charge in [-0.3, -0.25) is 9.69 Å². The zero-order valence-corrected chi connectivity index (χ0v) is 13.0. The Balaban J connectivity index is 1.79. The van der Waals surface area contributed by atoms with Crippen molar-refractivity contribution in [3.63, 3.8) is 0 Å². The second-order valence-electron chi connectivity index (χ2n) is 5.51. The molecule has 1 saturated heterocycles. The van der Waals surface area contributed by atoms with Gasteiger partial charge in [0.15, 0.2) is 0 Å². The lowest BCUT2D eigenvalue weighted by Gasteiger charge is -2.35. The molecule has 1 unspecified atom stereocenters. The van der Waals surface area contributed by atoms with Crippen LogP contribution in [0, 0.1) is 0 Å². The van der Waals surface area contributed by atoms with Gasteiger partial charge in [-0.05, 0) is 44.0 Å². The number of nitrogens with one attached hydrogen (secondary N) is 1. The van der Waals surface area contributed by atoms with E-state index in [9.17, 15) is 4.79 Å². The van der Waals surface area contributed by atoms with E-state index in [-0.39, 0.29) is 12.5 Å². The Bertz CT molecular complexity index is 465. The summed E-state index contributed by atoms with van der Waals surface area (Å²) in [6.45, 7) is 1.99. The normalized spacial score (nSPS) is 19.4. The third-order valence-corrected chi connectivity index (χ3v) is 4.18. The van der Waals surface area contributed by atoms with Crippen LogP contribution in [0.15, 0.2) is 24.3 Å². The van der Waals surface area contributed by atoms with Crippen LogP contribution < -0.4 is 5.32 Å². The van der Waals surface area contributed by atoms with Crippen molar-refractivity contribution in [2.45, 2.75) is 38.1 Å². The molecule has 1 heterocycles. The third kappa shape index (κ3) is 5.30. The van der Waals surface area contributed by atoms with Gasteiger partial charge in [0, 0.05) is 36.3 Å². The molecule has 0 aliphatic carbocycles. The zero-order chi connectivity index (χ0) is 15.1. The van der Waals surface area contributed by atoms with Gasteiger partial charge in [0.1, 0.15) is 0 Å². The molecule has 1 fully saturated rings. The minimum absolute atomic E-state index is 0.00517. The number of anilines is 1. The second-order valence-corrected chi connectivity index (χ2v) is 5.94. The van der Waals surface area contributed by atoms with Crippen LogP contribution in [0.5, 0.6) is 0 Å². The van der Waals surface area contributed by atoms with Gasteiger partial charge in [0.2, 0.25) is 5.91 Å². The first-order valence-corrected chi connectivity index (χ1v) is 7.97. The van der Waals surface area contributed by atoms with Crippen LogP contribution in [0.3, 0.4) is 0 Å². The second kappa shape index (κ2) is 8.37. The average molecular weight is 311 g/mol. The molecule has 0 saturated carbocycles. The minimum atomic E-state index is 0.00517. The van der Waals surface area contributed by atoms with Crippen molar-refractivity contribution in [2.24, 2.45) is 0 Å². The van der Waals surface area contributed by atoms with Crippen LogP contribution in [0.4, 0.5) is 5.69 Å². The van der Waals surface area contributed by atoms with Crippen LogP contribution >= 0.6 is 11.6 Å². The molecule has 0 aromatic heterocycles. The van der Waals surface area contributed by atoms with E-state index in [2.05, 4.69) is 10.2 Å². The Morgan fingerprint density at radius 3 is 3.05 bits per heavy atom. The first-order valence-electron chi connectivity index (χ1n) is 7.59. The summed E-state index contributed by atoms with van der Waals surface area (Å²) in [6, 6.07) is 7.60. The predicted molar refractivity (Wildman–Crippen MR) is 85.6 cm³/mol. The zero-order valence-electron chi connectivity index (χ0n) is 12.2. The van der Waals surface area contributed by atoms with E-state index in [0.717, 1.165) is 31.6 Å². The fraction of sp³-hybridized carbons (Fsp3) is 0.562. The summed E-state index contributed by atoms with van der Waals surface area (Å²) in [6.07, 6.45) is 4.79. The molecule has 4 nitrogen and oxygen atoms in total. The molecular formula is C16H23ClN2O2. The molecule has 0 bridgehead atoms. The Morgan fingerprint density at radius 2 is 2.29 bits per heavy atom. The maximum Gasteiger partial charge on any atom is 0.225 e. The van der Waals surface area contributed by atoms with Gasteiger partial charge in [-0.25, -0.2) is 0 Å². The lowest BCUT2D eigenvalue weighted by atomic mass is 9.99. The smallest absolute Gasteiger partial charge is 0.225 e. The van der Waals surface area contributed by atoms with E-state index in [0.29, 0.717) is 17.5 Å². The fourth-order valence-corrected chi connectivity index (χ4v) is 3.06. The number of halogens is 1. The molecular weight excluding hydrogens is 288 g/mol. The number of aliphatic hydroxyl groups is 1. The van der Waals surface area contributed by atoms with Gasteiger partial charge in [-0.2, -0.15) is 0 Å². The number of carbonyl (C=O) groups excluding carboxylic acids is 1. The van der Waals surface area contributed by atoms with E-state index in [4.69, 9.17) is 16.7 Å². The number of aliphatic hydroxyl groups excluding tert-OH is 1. The van der Waals surface area contributed by atoms with Gasteiger partial charge in [0.05, 0.1) is 0 Å². The van der Waals surface area contributed by atoms with Crippen molar-refractivity contribution in [3.05, 3.63) is 29.3 Å². The highest BCUT2D eigenvalue weighted by molar-refractivity contribution is 6.30. The number of piperidine rings is 1. The summed E-state index contributed by atoms with van der Waals surface area (Å²) in [4.78, 5) is 14.3. The van der Waals surface area contributed by atoms with Crippen molar-refractivity contribution in [1.29, 1.82) is 0 Å². The van der Waals surface area contributed by atoms with Gasteiger partial charge < -0.3 is 10.4 Å². The van der Waals surface area contributed by atoms with Gasteiger partial charge in [-0.15, -0.1) is 0 Å². The Morgan fingerprint density at radius 1 is 1.43 bits per heavy atom. The fourth-order valence-electron chi connectivity index (χ4n) is 2.87. The van der Waals surface area contributed by atoms with Gasteiger partial charge in [0.25, 0.3) is 0 Å². The van der Waals surface area contributed by atoms with Gasteiger partial charge >= 0.3 is 0 Å². The molecule has 1 aromatic carbocycles. The molecule has 2 rings (SSSR count). The van der Waals surface area contributed by atoms with Crippen LogP contribution in [-0.2, 0) is 4.79 Å². The highest BCUT2D eigenvalue weighted by Crippen LogP contribution is 2.20. The molecule has 0 spiro atoms. The molecule has 116 valence electrons. The summed E-state index contributed by atoms with van der Waals surface area (Å²) in [7, 11) is 0. The molecule has 5 heteroatoms. The van der Waals surface area contributed by atoms with Crippen molar-refractivity contribution in [3.8, 4) is 0 Å². The number of nitrogens with zero attached hydrogens (tertiary/aromatic N) is 1. The maximum absolute atomic E-state index is 12.0. The third-order valence-electron chi connectivity index (χ3n) is 3.95. The first-order chi connectivity index (χ1) is 10.2. The number of hydrogen-bond acceptors (Lipinski definition) is 3. The van der Waals surface area contributed by atoms with Crippen molar-refractivity contribution in [2.75, 3.05) is 25.0 Å². The molecule has 1 atom stereocenters. The predicted octanol–water partition coefficient (Wildman–Crippen LogP) is 2.91. The summed E-state index contributed by atoms with van der Waals surface area (Å²) in [5, 5.41) is 12.6. The van der Waals surface area contributed by atoms with Crippen molar-refractivity contribution >= 4 is 23.2 Å². The summed E-state index contributed by atoms with van der Waals surface area (Å²) in [5.74, 6) is 0.00517. The number of hydrogen-bond donors (Lipinski definition) is 2. The number of amides is 1. The lowest BCUT2D eigenvalue weighted by molar-refractivity contribution is -0.116. The number of likely N-dealkylation sites (tertiary alicyclic amines) is 1. The van der Waals surface area contributed by atoms with Crippen LogP contribution in [-0.4, -0.2) is 41.7 Å². The molecule has 21 heavy (non-hydrogen) atoms. The van der Waals surface area contributed by atoms with E-state index >= 15 is 0 Å².